The second-order valence-electron chi connectivity index (χ2n) is 3.39. The molecule has 1 rings (SSSR count). The number of rotatable bonds is 5. The van der Waals surface area contributed by atoms with Gasteiger partial charge < -0.3 is 10.5 Å². The summed E-state index contributed by atoms with van der Waals surface area (Å²) in [5.74, 6) is 0.793. The van der Waals surface area contributed by atoms with Crippen LogP contribution in [0.25, 0.3) is 0 Å². The van der Waals surface area contributed by atoms with Crippen LogP contribution >= 0.6 is 11.6 Å². The molecule has 0 saturated carbocycles. The molecule has 0 fully saturated rings. The third-order valence-electron chi connectivity index (χ3n) is 2.29. The molecule has 1 aromatic carbocycles. The summed E-state index contributed by atoms with van der Waals surface area (Å²) in [6.45, 7) is 5.31. The Kier molecular flexibility index (Phi) is 4.92. The van der Waals surface area contributed by atoms with Crippen LogP contribution in [0.15, 0.2) is 12.1 Å². The van der Waals surface area contributed by atoms with Crippen LogP contribution in [0, 0.1) is 0 Å². The number of halogens is 1. The molecule has 0 amide bonds. The van der Waals surface area contributed by atoms with E-state index >= 15 is 0 Å². The van der Waals surface area contributed by atoms with E-state index < -0.39 is 0 Å². The summed E-state index contributed by atoms with van der Waals surface area (Å²) in [6, 6.07) is 4.09. The summed E-state index contributed by atoms with van der Waals surface area (Å²) < 4.78 is 5.53. The van der Waals surface area contributed by atoms with Gasteiger partial charge in [-0.2, -0.15) is 0 Å². The zero-order valence-electron chi connectivity index (χ0n) is 9.35. The number of ether oxygens (including phenoxy) is 1. The lowest BCUT2D eigenvalue weighted by molar-refractivity contribution is 0.336. The van der Waals surface area contributed by atoms with Crippen molar-refractivity contribution in [2.45, 2.75) is 26.7 Å². The van der Waals surface area contributed by atoms with Crippen LogP contribution in [0.1, 0.15) is 25.0 Å². The van der Waals surface area contributed by atoms with Gasteiger partial charge in [-0.05, 0) is 43.5 Å². The first kappa shape index (κ1) is 12.3. The van der Waals surface area contributed by atoms with Crippen molar-refractivity contribution in [3.05, 3.63) is 28.3 Å². The van der Waals surface area contributed by atoms with Crippen molar-refractivity contribution in [1.29, 1.82) is 0 Å². The second-order valence-corrected chi connectivity index (χ2v) is 3.80. The minimum Gasteiger partial charge on any atom is -0.492 e. The van der Waals surface area contributed by atoms with Crippen molar-refractivity contribution in [1.82, 2.24) is 0 Å². The third-order valence-corrected chi connectivity index (χ3v) is 2.57. The molecular formula is C12H18ClNO. The minimum absolute atomic E-state index is 0.615. The maximum atomic E-state index is 6.16. The first-order chi connectivity index (χ1) is 7.22. The molecule has 2 N–H and O–H groups in total. The predicted molar refractivity (Wildman–Crippen MR) is 64.8 cm³/mol. The molecule has 0 aliphatic rings. The largest absolute Gasteiger partial charge is 0.492 e. The predicted octanol–water partition coefficient (Wildman–Crippen LogP) is 2.80. The lowest BCUT2D eigenvalue weighted by atomic mass is 10.1. The van der Waals surface area contributed by atoms with E-state index in [1.807, 2.05) is 13.0 Å². The van der Waals surface area contributed by atoms with Crippen LogP contribution < -0.4 is 10.5 Å². The zero-order valence-corrected chi connectivity index (χ0v) is 10.1. The highest BCUT2D eigenvalue weighted by Crippen LogP contribution is 2.31. The van der Waals surface area contributed by atoms with Gasteiger partial charge in [-0.1, -0.05) is 24.6 Å². The van der Waals surface area contributed by atoms with Crippen LogP contribution in [0.4, 0.5) is 0 Å². The number of hydrogen-bond donors (Lipinski definition) is 1. The maximum absolute atomic E-state index is 6.16. The zero-order chi connectivity index (χ0) is 11.3. The first-order valence-corrected chi connectivity index (χ1v) is 5.74. The second kappa shape index (κ2) is 5.99. The SMILES string of the molecule is CCOc1c(Cl)cc(CC)cc1CCN. The molecule has 15 heavy (non-hydrogen) atoms. The molecule has 0 heterocycles. The van der Waals surface area contributed by atoms with E-state index in [1.165, 1.54) is 5.56 Å². The maximum Gasteiger partial charge on any atom is 0.141 e. The van der Waals surface area contributed by atoms with Gasteiger partial charge in [-0.25, -0.2) is 0 Å². The van der Waals surface area contributed by atoms with Crippen LogP contribution in [-0.4, -0.2) is 13.2 Å². The molecule has 0 radical (unpaired) electrons. The molecule has 0 saturated heterocycles. The molecule has 0 unspecified atom stereocenters. The number of aryl methyl sites for hydroxylation is 1. The van der Waals surface area contributed by atoms with Crippen molar-refractivity contribution in [2.75, 3.05) is 13.2 Å². The summed E-state index contributed by atoms with van der Waals surface area (Å²) in [4.78, 5) is 0. The van der Waals surface area contributed by atoms with Gasteiger partial charge in [-0.15, -0.1) is 0 Å². The van der Waals surface area contributed by atoms with Gasteiger partial charge in [-0.3, -0.25) is 0 Å². The standard InChI is InChI=1S/C12H18ClNO/c1-3-9-7-10(5-6-14)12(15-4-2)11(13)8-9/h7-8H,3-6,14H2,1-2H3. The molecule has 3 heteroatoms. The van der Waals surface area contributed by atoms with Crippen LogP contribution in [0.3, 0.4) is 0 Å². The van der Waals surface area contributed by atoms with Gasteiger partial charge in [0.1, 0.15) is 5.75 Å². The van der Waals surface area contributed by atoms with Crippen LogP contribution in [0.2, 0.25) is 5.02 Å². The van der Waals surface area contributed by atoms with E-state index in [1.54, 1.807) is 0 Å². The Hall–Kier alpha value is -0.730. The summed E-state index contributed by atoms with van der Waals surface area (Å²) in [6.07, 6.45) is 1.78. The van der Waals surface area contributed by atoms with Crippen molar-refractivity contribution in [3.63, 3.8) is 0 Å². The summed E-state index contributed by atoms with van der Waals surface area (Å²) in [7, 11) is 0. The van der Waals surface area contributed by atoms with Gasteiger partial charge in [0.25, 0.3) is 0 Å². The lowest BCUT2D eigenvalue weighted by Crippen LogP contribution is -2.06. The molecule has 0 atom stereocenters. The highest BCUT2D eigenvalue weighted by Gasteiger charge is 2.09. The average Bonchev–Trinajstić information content (AvgIpc) is 2.23. The highest BCUT2D eigenvalue weighted by molar-refractivity contribution is 6.32. The Labute approximate surface area is 96.4 Å². The first-order valence-electron chi connectivity index (χ1n) is 5.37. The van der Waals surface area contributed by atoms with E-state index in [-0.39, 0.29) is 0 Å². The van der Waals surface area contributed by atoms with Crippen molar-refractivity contribution >= 4 is 11.6 Å². The Bertz CT molecular complexity index is 326. The Morgan fingerprint density at radius 2 is 2.07 bits per heavy atom. The Morgan fingerprint density at radius 3 is 2.60 bits per heavy atom. The highest BCUT2D eigenvalue weighted by atomic mass is 35.5. The average molecular weight is 228 g/mol. The van der Waals surface area contributed by atoms with E-state index in [0.29, 0.717) is 18.2 Å². The molecule has 0 spiro atoms. The van der Waals surface area contributed by atoms with Gasteiger partial charge in [0, 0.05) is 0 Å². The quantitative estimate of drug-likeness (QED) is 0.840. The molecule has 2 nitrogen and oxygen atoms in total. The van der Waals surface area contributed by atoms with Crippen molar-refractivity contribution < 1.29 is 4.74 Å². The van der Waals surface area contributed by atoms with Crippen LogP contribution in [-0.2, 0) is 12.8 Å². The molecule has 1 aromatic rings. The summed E-state index contributed by atoms with van der Waals surface area (Å²) in [5.41, 5.74) is 7.91. The fourth-order valence-electron chi connectivity index (χ4n) is 1.56. The number of nitrogens with two attached hydrogens (primary N) is 1. The monoisotopic (exact) mass is 227 g/mol. The van der Waals surface area contributed by atoms with Gasteiger partial charge in [0.15, 0.2) is 0 Å². The molecule has 84 valence electrons. The summed E-state index contributed by atoms with van der Waals surface area (Å²) in [5, 5.41) is 0.694. The van der Waals surface area contributed by atoms with Crippen molar-refractivity contribution in [3.8, 4) is 5.75 Å². The Morgan fingerprint density at radius 1 is 1.33 bits per heavy atom. The fraction of sp³-hybridized carbons (Fsp3) is 0.500. The Balaban J connectivity index is 3.10. The van der Waals surface area contributed by atoms with E-state index in [9.17, 15) is 0 Å². The molecule has 0 aliphatic heterocycles. The van der Waals surface area contributed by atoms with Gasteiger partial charge >= 0.3 is 0 Å². The normalized spacial score (nSPS) is 10.4. The van der Waals surface area contributed by atoms with Gasteiger partial charge in [0.05, 0.1) is 11.6 Å². The molecule has 0 aliphatic carbocycles. The van der Waals surface area contributed by atoms with E-state index in [2.05, 4.69) is 13.0 Å². The van der Waals surface area contributed by atoms with Gasteiger partial charge in [0.2, 0.25) is 0 Å². The minimum atomic E-state index is 0.615. The summed E-state index contributed by atoms with van der Waals surface area (Å²) >= 11 is 6.16. The third kappa shape index (κ3) is 3.11. The number of hydrogen-bond acceptors (Lipinski definition) is 2. The number of benzene rings is 1. The smallest absolute Gasteiger partial charge is 0.141 e. The fourth-order valence-corrected chi connectivity index (χ4v) is 1.88. The molecule has 0 aromatic heterocycles. The van der Waals surface area contributed by atoms with E-state index in [4.69, 9.17) is 22.1 Å². The van der Waals surface area contributed by atoms with Crippen molar-refractivity contribution in [2.24, 2.45) is 5.73 Å². The van der Waals surface area contributed by atoms with Crippen LogP contribution in [0.5, 0.6) is 5.75 Å². The topological polar surface area (TPSA) is 35.2 Å². The molecule has 0 bridgehead atoms. The molecular weight excluding hydrogens is 210 g/mol. The van der Waals surface area contributed by atoms with E-state index in [0.717, 1.165) is 24.2 Å². The lowest BCUT2D eigenvalue weighted by Gasteiger charge is -2.13.